The fourth-order valence-electron chi connectivity index (χ4n) is 3.10. The van der Waals surface area contributed by atoms with Gasteiger partial charge in [-0.2, -0.15) is 0 Å². The van der Waals surface area contributed by atoms with Crippen LogP contribution < -0.4 is 19.7 Å². The Bertz CT molecular complexity index is 803. The van der Waals surface area contributed by atoms with Gasteiger partial charge in [0, 0.05) is 30.4 Å². The van der Waals surface area contributed by atoms with E-state index in [-0.39, 0.29) is 19.2 Å². The quantitative estimate of drug-likeness (QED) is 0.918. The number of aryl methyl sites for hydroxylation is 1. The zero-order valence-corrected chi connectivity index (χ0v) is 14.1. The van der Waals surface area contributed by atoms with Crippen molar-refractivity contribution >= 4 is 11.7 Å². The average Bonchev–Trinajstić information content (AvgIpc) is 3.29. The number of aromatic nitrogens is 2. The van der Waals surface area contributed by atoms with Crippen LogP contribution in [0.3, 0.4) is 0 Å². The third-order valence-electron chi connectivity index (χ3n) is 4.36. The Morgan fingerprint density at radius 1 is 1.16 bits per heavy atom. The second kappa shape index (κ2) is 6.58. The minimum absolute atomic E-state index is 0.189. The van der Waals surface area contributed by atoms with Crippen LogP contribution in [0.2, 0.25) is 0 Å². The first-order chi connectivity index (χ1) is 12.2. The number of carbonyl (C=O) groups excluding carboxylic acids is 1. The van der Waals surface area contributed by atoms with Crippen LogP contribution in [0.1, 0.15) is 34.7 Å². The molecule has 7 nitrogen and oxygen atoms in total. The van der Waals surface area contributed by atoms with Gasteiger partial charge in [-0.05, 0) is 38.0 Å². The monoisotopic (exact) mass is 340 g/mol. The van der Waals surface area contributed by atoms with E-state index in [0.29, 0.717) is 22.9 Å². The van der Waals surface area contributed by atoms with Crippen LogP contribution in [0, 0.1) is 6.92 Å². The molecule has 4 rings (SSSR count). The zero-order chi connectivity index (χ0) is 17.2. The van der Waals surface area contributed by atoms with Gasteiger partial charge < -0.3 is 19.7 Å². The molecule has 1 amide bonds. The van der Waals surface area contributed by atoms with Crippen molar-refractivity contribution in [3.63, 3.8) is 0 Å². The van der Waals surface area contributed by atoms with E-state index in [1.807, 2.05) is 13.0 Å². The molecule has 0 saturated carbocycles. The largest absolute Gasteiger partial charge is 0.454 e. The zero-order valence-electron chi connectivity index (χ0n) is 14.1. The third kappa shape index (κ3) is 3.35. The lowest BCUT2D eigenvalue weighted by Crippen LogP contribution is -2.25. The summed E-state index contributed by atoms with van der Waals surface area (Å²) < 4.78 is 10.6. The van der Waals surface area contributed by atoms with Crippen LogP contribution >= 0.6 is 0 Å². The van der Waals surface area contributed by atoms with Crippen LogP contribution in [-0.2, 0) is 6.54 Å². The first-order valence-electron chi connectivity index (χ1n) is 8.46. The number of ether oxygens (including phenoxy) is 2. The predicted molar refractivity (Wildman–Crippen MR) is 92.0 cm³/mol. The Balaban J connectivity index is 1.44. The maximum Gasteiger partial charge on any atom is 0.251 e. The van der Waals surface area contributed by atoms with Gasteiger partial charge in [0.05, 0.1) is 6.54 Å². The summed E-state index contributed by atoms with van der Waals surface area (Å²) in [5.41, 5.74) is 1.43. The second-order valence-electron chi connectivity index (χ2n) is 6.23. The molecule has 0 spiro atoms. The summed E-state index contributed by atoms with van der Waals surface area (Å²) >= 11 is 0. The number of rotatable bonds is 4. The molecule has 1 saturated heterocycles. The second-order valence-corrected chi connectivity index (χ2v) is 6.23. The molecule has 0 unspecified atom stereocenters. The standard InChI is InChI=1S/C18H20N4O3/c1-12-8-17(22-6-2-3-7-22)21-16(20-12)10-19-18(23)13-4-5-14-15(9-13)25-11-24-14/h4-5,8-9H,2-3,6-7,10-11H2,1H3,(H,19,23). The van der Waals surface area contributed by atoms with Crippen molar-refractivity contribution in [2.45, 2.75) is 26.3 Å². The molecule has 0 atom stereocenters. The van der Waals surface area contributed by atoms with E-state index >= 15 is 0 Å². The lowest BCUT2D eigenvalue weighted by Gasteiger charge is -2.17. The van der Waals surface area contributed by atoms with Gasteiger partial charge in [-0.25, -0.2) is 9.97 Å². The molecule has 1 aromatic heterocycles. The van der Waals surface area contributed by atoms with E-state index in [2.05, 4.69) is 20.2 Å². The highest BCUT2D eigenvalue weighted by atomic mass is 16.7. The van der Waals surface area contributed by atoms with Crippen LogP contribution in [0.4, 0.5) is 5.82 Å². The Morgan fingerprint density at radius 3 is 2.80 bits per heavy atom. The summed E-state index contributed by atoms with van der Waals surface area (Å²) in [6, 6.07) is 7.14. The molecule has 1 aromatic carbocycles. The molecule has 0 aliphatic carbocycles. The molecule has 130 valence electrons. The lowest BCUT2D eigenvalue weighted by atomic mass is 10.2. The molecule has 25 heavy (non-hydrogen) atoms. The van der Waals surface area contributed by atoms with Gasteiger partial charge in [0.15, 0.2) is 11.5 Å². The Hall–Kier alpha value is -2.83. The van der Waals surface area contributed by atoms with E-state index in [4.69, 9.17) is 9.47 Å². The van der Waals surface area contributed by atoms with Gasteiger partial charge in [-0.3, -0.25) is 4.79 Å². The van der Waals surface area contributed by atoms with Crippen molar-refractivity contribution in [3.8, 4) is 11.5 Å². The van der Waals surface area contributed by atoms with Crippen LogP contribution in [0.5, 0.6) is 11.5 Å². The van der Waals surface area contributed by atoms with E-state index in [1.165, 1.54) is 12.8 Å². The first kappa shape index (κ1) is 15.7. The molecular formula is C18H20N4O3. The molecule has 1 N–H and O–H groups in total. The summed E-state index contributed by atoms with van der Waals surface area (Å²) in [4.78, 5) is 23.7. The van der Waals surface area contributed by atoms with E-state index in [0.717, 1.165) is 24.6 Å². The van der Waals surface area contributed by atoms with Crippen molar-refractivity contribution in [1.82, 2.24) is 15.3 Å². The fraction of sp³-hybridized carbons (Fsp3) is 0.389. The van der Waals surface area contributed by atoms with Gasteiger partial charge in [-0.15, -0.1) is 0 Å². The normalized spacial score (nSPS) is 15.5. The van der Waals surface area contributed by atoms with Gasteiger partial charge >= 0.3 is 0 Å². The number of carbonyl (C=O) groups is 1. The lowest BCUT2D eigenvalue weighted by molar-refractivity contribution is 0.0949. The summed E-state index contributed by atoms with van der Waals surface area (Å²) in [6.45, 7) is 4.48. The van der Waals surface area contributed by atoms with E-state index in [9.17, 15) is 4.79 Å². The Labute approximate surface area is 146 Å². The summed E-state index contributed by atoms with van der Waals surface area (Å²) in [5.74, 6) is 2.63. The highest BCUT2D eigenvalue weighted by Gasteiger charge is 2.17. The molecular weight excluding hydrogens is 320 g/mol. The fourth-order valence-corrected chi connectivity index (χ4v) is 3.10. The van der Waals surface area contributed by atoms with Crippen molar-refractivity contribution < 1.29 is 14.3 Å². The Kier molecular flexibility index (Phi) is 4.13. The smallest absolute Gasteiger partial charge is 0.251 e. The topological polar surface area (TPSA) is 76.6 Å². The third-order valence-corrected chi connectivity index (χ3v) is 4.36. The number of anilines is 1. The minimum Gasteiger partial charge on any atom is -0.454 e. The summed E-state index contributed by atoms with van der Waals surface area (Å²) in [6.07, 6.45) is 2.39. The number of fused-ring (bicyclic) bond motifs is 1. The van der Waals surface area contributed by atoms with Crippen molar-refractivity contribution in [2.75, 3.05) is 24.8 Å². The maximum absolute atomic E-state index is 12.4. The van der Waals surface area contributed by atoms with E-state index < -0.39 is 0 Å². The molecule has 2 aliphatic heterocycles. The predicted octanol–water partition coefficient (Wildman–Crippen LogP) is 2.04. The minimum atomic E-state index is -0.189. The Morgan fingerprint density at radius 2 is 1.96 bits per heavy atom. The van der Waals surface area contributed by atoms with Gasteiger partial charge in [0.25, 0.3) is 5.91 Å². The number of hydrogen-bond donors (Lipinski definition) is 1. The highest BCUT2D eigenvalue weighted by Crippen LogP contribution is 2.32. The molecule has 2 aromatic rings. The number of nitrogens with one attached hydrogen (secondary N) is 1. The first-order valence-corrected chi connectivity index (χ1v) is 8.46. The van der Waals surface area contributed by atoms with Crippen molar-refractivity contribution in [2.24, 2.45) is 0 Å². The molecule has 2 aliphatic rings. The van der Waals surface area contributed by atoms with Crippen LogP contribution in [-0.4, -0.2) is 35.8 Å². The van der Waals surface area contributed by atoms with Gasteiger partial charge in [-0.1, -0.05) is 0 Å². The molecule has 3 heterocycles. The van der Waals surface area contributed by atoms with Crippen molar-refractivity contribution in [1.29, 1.82) is 0 Å². The maximum atomic E-state index is 12.4. The van der Waals surface area contributed by atoms with Crippen LogP contribution in [0.15, 0.2) is 24.3 Å². The number of nitrogens with zero attached hydrogens (tertiary/aromatic N) is 3. The highest BCUT2D eigenvalue weighted by molar-refractivity contribution is 5.94. The molecule has 7 heteroatoms. The molecule has 1 fully saturated rings. The van der Waals surface area contributed by atoms with Crippen molar-refractivity contribution in [3.05, 3.63) is 41.3 Å². The van der Waals surface area contributed by atoms with Gasteiger partial charge in [0.2, 0.25) is 6.79 Å². The SMILES string of the molecule is Cc1cc(N2CCCC2)nc(CNC(=O)c2ccc3c(c2)OCO3)n1. The van der Waals surface area contributed by atoms with Crippen LogP contribution in [0.25, 0.3) is 0 Å². The number of benzene rings is 1. The average molecular weight is 340 g/mol. The number of amides is 1. The summed E-state index contributed by atoms with van der Waals surface area (Å²) in [5, 5.41) is 2.87. The molecule has 0 bridgehead atoms. The molecule has 0 radical (unpaired) electrons. The summed E-state index contributed by atoms with van der Waals surface area (Å²) in [7, 11) is 0. The van der Waals surface area contributed by atoms with Gasteiger partial charge in [0.1, 0.15) is 11.6 Å². The van der Waals surface area contributed by atoms with E-state index in [1.54, 1.807) is 18.2 Å². The number of hydrogen-bond acceptors (Lipinski definition) is 6.